The van der Waals surface area contributed by atoms with Crippen LogP contribution in [0.3, 0.4) is 0 Å². The third-order valence-electron chi connectivity index (χ3n) is 4.11. The van der Waals surface area contributed by atoms with Crippen molar-refractivity contribution in [2.24, 2.45) is 0 Å². The second-order valence-corrected chi connectivity index (χ2v) is 6.06. The number of aryl methyl sites for hydroxylation is 2. The Morgan fingerprint density at radius 2 is 1.74 bits per heavy atom. The molecule has 0 atom stereocenters. The lowest BCUT2D eigenvalue weighted by Gasteiger charge is -2.21. The van der Waals surface area contributed by atoms with Crippen LogP contribution in [0.4, 0.5) is 5.69 Å². The highest BCUT2D eigenvalue weighted by Crippen LogP contribution is 2.18. The van der Waals surface area contributed by atoms with Crippen molar-refractivity contribution in [3.05, 3.63) is 29.3 Å². The Labute approximate surface area is 118 Å². The molecule has 1 fully saturated rings. The zero-order chi connectivity index (χ0) is 13.7. The van der Waals surface area contributed by atoms with E-state index in [9.17, 15) is 0 Å². The second kappa shape index (κ2) is 6.95. The van der Waals surface area contributed by atoms with E-state index >= 15 is 0 Å². The topological polar surface area (TPSA) is 15.3 Å². The quantitative estimate of drug-likeness (QED) is 0.785. The summed E-state index contributed by atoms with van der Waals surface area (Å²) in [7, 11) is 2.20. The van der Waals surface area contributed by atoms with Gasteiger partial charge in [-0.15, -0.1) is 0 Å². The lowest BCUT2D eigenvalue weighted by atomic mass is 10.1. The molecule has 0 saturated heterocycles. The van der Waals surface area contributed by atoms with Gasteiger partial charge in [-0.1, -0.05) is 18.9 Å². The fourth-order valence-electron chi connectivity index (χ4n) is 3.05. The molecule has 0 unspecified atom stereocenters. The van der Waals surface area contributed by atoms with Crippen molar-refractivity contribution in [1.29, 1.82) is 0 Å². The number of benzene rings is 1. The molecule has 1 aromatic rings. The fraction of sp³-hybridized carbons (Fsp3) is 0.647. The Morgan fingerprint density at radius 3 is 2.37 bits per heavy atom. The van der Waals surface area contributed by atoms with Gasteiger partial charge in [-0.05, 0) is 62.9 Å². The third kappa shape index (κ3) is 4.54. The molecule has 0 amide bonds. The van der Waals surface area contributed by atoms with Crippen LogP contribution in [0.15, 0.2) is 18.2 Å². The van der Waals surface area contributed by atoms with Gasteiger partial charge in [0.2, 0.25) is 0 Å². The van der Waals surface area contributed by atoms with Crippen LogP contribution in [0, 0.1) is 13.8 Å². The van der Waals surface area contributed by atoms with Gasteiger partial charge in [0.1, 0.15) is 0 Å². The maximum Gasteiger partial charge on any atom is 0.0368 e. The summed E-state index contributed by atoms with van der Waals surface area (Å²) in [6.45, 7) is 6.63. The van der Waals surface area contributed by atoms with E-state index in [0.717, 1.165) is 19.1 Å². The zero-order valence-electron chi connectivity index (χ0n) is 12.7. The summed E-state index contributed by atoms with van der Waals surface area (Å²) in [5.74, 6) is 0. The van der Waals surface area contributed by atoms with Crippen LogP contribution in [0.25, 0.3) is 0 Å². The maximum atomic E-state index is 3.68. The van der Waals surface area contributed by atoms with E-state index in [2.05, 4.69) is 49.3 Å². The number of nitrogens with one attached hydrogen (secondary N) is 1. The molecule has 0 aliphatic heterocycles. The first-order chi connectivity index (χ1) is 9.15. The van der Waals surface area contributed by atoms with Crippen LogP contribution in [0.1, 0.15) is 43.2 Å². The SMILES string of the molecule is Cc1cc(C)cc(N(C)CCCNC2CCCC2)c1. The Kier molecular flexibility index (Phi) is 5.26. The summed E-state index contributed by atoms with van der Waals surface area (Å²) < 4.78 is 0. The lowest BCUT2D eigenvalue weighted by molar-refractivity contribution is 0.515. The molecule has 1 aromatic carbocycles. The van der Waals surface area contributed by atoms with Crippen molar-refractivity contribution >= 4 is 5.69 Å². The predicted octanol–water partition coefficient (Wildman–Crippen LogP) is 3.66. The van der Waals surface area contributed by atoms with Crippen LogP contribution >= 0.6 is 0 Å². The maximum absolute atomic E-state index is 3.68. The van der Waals surface area contributed by atoms with Crippen molar-refractivity contribution < 1.29 is 0 Å². The van der Waals surface area contributed by atoms with Gasteiger partial charge in [-0.3, -0.25) is 0 Å². The molecule has 2 nitrogen and oxygen atoms in total. The molecule has 2 rings (SSSR count). The highest BCUT2D eigenvalue weighted by Gasteiger charge is 2.13. The van der Waals surface area contributed by atoms with E-state index in [1.165, 1.54) is 48.9 Å². The first kappa shape index (κ1) is 14.4. The highest BCUT2D eigenvalue weighted by atomic mass is 15.1. The van der Waals surface area contributed by atoms with Gasteiger partial charge in [0, 0.05) is 25.3 Å². The first-order valence-electron chi connectivity index (χ1n) is 7.68. The molecule has 0 heterocycles. The lowest BCUT2D eigenvalue weighted by Crippen LogP contribution is -2.29. The van der Waals surface area contributed by atoms with E-state index in [1.807, 2.05) is 0 Å². The van der Waals surface area contributed by atoms with Gasteiger partial charge in [0.25, 0.3) is 0 Å². The monoisotopic (exact) mass is 260 g/mol. The smallest absolute Gasteiger partial charge is 0.0368 e. The van der Waals surface area contributed by atoms with Crippen molar-refractivity contribution in [2.75, 3.05) is 25.0 Å². The molecular weight excluding hydrogens is 232 g/mol. The molecule has 2 heteroatoms. The van der Waals surface area contributed by atoms with Gasteiger partial charge in [-0.2, -0.15) is 0 Å². The van der Waals surface area contributed by atoms with Crippen LogP contribution in [-0.2, 0) is 0 Å². The summed E-state index contributed by atoms with van der Waals surface area (Å²) in [4.78, 5) is 2.37. The average Bonchev–Trinajstić information content (AvgIpc) is 2.86. The number of hydrogen-bond donors (Lipinski definition) is 1. The summed E-state index contributed by atoms with van der Waals surface area (Å²) in [5.41, 5.74) is 4.05. The molecule has 0 aromatic heterocycles. The zero-order valence-corrected chi connectivity index (χ0v) is 12.7. The number of anilines is 1. The molecule has 19 heavy (non-hydrogen) atoms. The van der Waals surface area contributed by atoms with E-state index in [1.54, 1.807) is 0 Å². The molecule has 1 aliphatic carbocycles. The number of rotatable bonds is 6. The molecule has 1 N–H and O–H groups in total. The van der Waals surface area contributed by atoms with Crippen LogP contribution < -0.4 is 10.2 Å². The van der Waals surface area contributed by atoms with E-state index in [0.29, 0.717) is 0 Å². The largest absolute Gasteiger partial charge is 0.375 e. The molecule has 1 aliphatic rings. The molecule has 0 radical (unpaired) electrons. The van der Waals surface area contributed by atoms with Crippen molar-refractivity contribution in [3.63, 3.8) is 0 Å². The standard InChI is InChI=1S/C17H28N2/c1-14-11-15(2)13-17(12-14)19(3)10-6-9-18-16-7-4-5-8-16/h11-13,16,18H,4-10H2,1-3H3. The van der Waals surface area contributed by atoms with Crippen LogP contribution in [-0.4, -0.2) is 26.2 Å². The molecule has 106 valence electrons. The van der Waals surface area contributed by atoms with E-state index in [-0.39, 0.29) is 0 Å². The molecular formula is C17H28N2. The summed E-state index contributed by atoms with van der Waals surface area (Å²) in [6, 6.07) is 7.58. The molecule has 0 bridgehead atoms. The average molecular weight is 260 g/mol. The van der Waals surface area contributed by atoms with Gasteiger partial charge in [0.15, 0.2) is 0 Å². The Bertz CT molecular complexity index is 374. The minimum Gasteiger partial charge on any atom is -0.375 e. The Hall–Kier alpha value is -1.02. The van der Waals surface area contributed by atoms with Gasteiger partial charge in [0.05, 0.1) is 0 Å². The molecule has 1 saturated carbocycles. The Balaban J connectivity index is 1.72. The van der Waals surface area contributed by atoms with Crippen LogP contribution in [0.5, 0.6) is 0 Å². The normalized spacial score (nSPS) is 15.9. The number of hydrogen-bond acceptors (Lipinski definition) is 2. The number of nitrogens with zero attached hydrogens (tertiary/aromatic N) is 1. The van der Waals surface area contributed by atoms with E-state index < -0.39 is 0 Å². The predicted molar refractivity (Wildman–Crippen MR) is 84.1 cm³/mol. The summed E-state index contributed by atoms with van der Waals surface area (Å²) in [6.07, 6.45) is 6.82. The highest BCUT2D eigenvalue weighted by molar-refractivity contribution is 5.50. The fourth-order valence-corrected chi connectivity index (χ4v) is 3.05. The van der Waals surface area contributed by atoms with Gasteiger partial charge < -0.3 is 10.2 Å². The first-order valence-corrected chi connectivity index (χ1v) is 7.68. The minimum absolute atomic E-state index is 0.798. The van der Waals surface area contributed by atoms with Crippen LogP contribution in [0.2, 0.25) is 0 Å². The van der Waals surface area contributed by atoms with Gasteiger partial charge in [-0.25, -0.2) is 0 Å². The third-order valence-corrected chi connectivity index (χ3v) is 4.11. The summed E-state index contributed by atoms with van der Waals surface area (Å²) >= 11 is 0. The van der Waals surface area contributed by atoms with Crippen molar-refractivity contribution in [2.45, 2.75) is 52.0 Å². The minimum atomic E-state index is 0.798. The van der Waals surface area contributed by atoms with Crippen molar-refractivity contribution in [3.8, 4) is 0 Å². The van der Waals surface area contributed by atoms with E-state index in [4.69, 9.17) is 0 Å². The van der Waals surface area contributed by atoms with Crippen molar-refractivity contribution in [1.82, 2.24) is 5.32 Å². The molecule has 0 spiro atoms. The summed E-state index contributed by atoms with van der Waals surface area (Å²) in [5, 5.41) is 3.68. The second-order valence-electron chi connectivity index (χ2n) is 6.06. The van der Waals surface area contributed by atoms with Gasteiger partial charge >= 0.3 is 0 Å². The Morgan fingerprint density at radius 1 is 1.11 bits per heavy atom.